The number of hydrogen-bond donors (Lipinski definition) is 2. The molecule has 3 rings (SSSR count). The molecule has 0 spiro atoms. The van der Waals surface area contributed by atoms with Gasteiger partial charge in [-0.3, -0.25) is 0 Å². The second kappa shape index (κ2) is 12.7. The minimum atomic E-state index is -0.838. The zero-order valence-corrected chi connectivity index (χ0v) is 18.0. The van der Waals surface area contributed by atoms with Crippen molar-refractivity contribution in [1.29, 1.82) is 0 Å². The molecule has 32 heavy (non-hydrogen) atoms. The summed E-state index contributed by atoms with van der Waals surface area (Å²) in [5.41, 5.74) is 1.93. The quantitative estimate of drug-likeness (QED) is 0.500. The molecule has 2 atom stereocenters. The van der Waals surface area contributed by atoms with Gasteiger partial charge in [0.2, 0.25) is 0 Å². The van der Waals surface area contributed by atoms with Gasteiger partial charge >= 0.3 is 0 Å². The van der Waals surface area contributed by atoms with Crippen molar-refractivity contribution in [2.75, 3.05) is 33.0 Å². The first-order chi connectivity index (χ1) is 15.7. The van der Waals surface area contributed by atoms with Gasteiger partial charge in [-0.25, -0.2) is 0 Å². The fraction of sp³-hybridized carbons (Fsp3) is 0.286. The SMILES string of the molecule is OCCOCCOCC(O)C1(C#Cc2ccccc2)C=CC=C(C#Cc2ccccc2)C1. The van der Waals surface area contributed by atoms with Crippen molar-refractivity contribution in [3.05, 3.63) is 95.6 Å². The average Bonchev–Trinajstić information content (AvgIpc) is 2.85. The van der Waals surface area contributed by atoms with Crippen molar-refractivity contribution >= 4 is 0 Å². The summed E-state index contributed by atoms with van der Waals surface area (Å²) in [6, 6.07) is 19.5. The Balaban J connectivity index is 1.75. The number of rotatable bonds is 8. The predicted molar refractivity (Wildman–Crippen MR) is 126 cm³/mol. The first-order valence-electron chi connectivity index (χ1n) is 10.7. The van der Waals surface area contributed by atoms with Crippen LogP contribution >= 0.6 is 0 Å². The Labute approximate surface area is 190 Å². The molecule has 0 saturated carbocycles. The first-order valence-corrected chi connectivity index (χ1v) is 10.7. The van der Waals surface area contributed by atoms with E-state index in [0.29, 0.717) is 19.6 Å². The van der Waals surface area contributed by atoms with Gasteiger partial charge in [-0.15, -0.1) is 0 Å². The molecule has 4 nitrogen and oxygen atoms in total. The fourth-order valence-electron chi connectivity index (χ4n) is 3.26. The van der Waals surface area contributed by atoms with E-state index in [2.05, 4.69) is 23.7 Å². The van der Waals surface area contributed by atoms with Crippen molar-refractivity contribution in [2.45, 2.75) is 12.5 Å². The van der Waals surface area contributed by atoms with E-state index in [1.54, 1.807) is 0 Å². The normalized spacial score (nSPS) is 18.0. The Kier molecular flexibility index (Phi) is 9.32. The van der Waals surface area contributed by atoms with Crippen LogP contribution in [0, 0.1) is 29.1 Å². The summed E-state index contributed by atoms with van der Waals surface area (Å²) < 4.78 is 10.8. The fourth-order valence-corrected chi connectivity index (χ4v) is 3.26. The van der Waals surface area contributed by atoms with Crippen LogP contribution in [0.1, 0.15) is 17.5 Å². The lowest BCUT2D eigenvalue weighted by atomic mass is 9.74. The van der Waals surface area contributed by atoms with E-state index in [1.807, 2.05) is 78.9 Å². The Bertz CT molecular complexity index is 1020. The smallest absolute Gasteiger partial charge is 0.0977 e. The van der Waals surface area contributed by atoms with Crippen LogP contribution in [0.5, 0.6) is 0 Å². The van der Waals surface area contributed by atoms with Crippen LogP contribution in [0.3, 0.4) is 0 Å². The van der Waals surface area contributed by atoms with E-state index in [0.717, 1.165) is 16.7 Å². The van der Waals surface area contributed by atoms with Crippen LogP contribution in [0.15, 0.2) is 84.5 Å². The second-order valence-corrected chi connectivity index (χ2v) is 7.43. The molecule has 0 saturated heterocycles. The van der Waals surface area contributed by atoms with Gasteiger partial charge in [0.25, 0.3) is 0 Å². The molecule has 0 radical (unpaired) electrons. The minimum Gasteiger partial charge on any atom is -0.394 e. The third-order valence-electron chi connectivity index (χ3n) is 5.01. The summed E-state index contributed by atoms with van der Waals surface area (Å²) in [7, 11) is 0. The van der Waals surface area contributed by atoms with E-state index in [4.69, 9.17) is 14.6 Å². The topological polar surface area (TPSA) is 58.9 Å². The highest BCUT2D eigenvalue weighted by molar-refractivity contribution is 5.47. The van der Waals surface area contributed by atoms with Gasteiger partial charge in [-0.05, 0) is 24.3 Å². The van der Waals surface area contributed by atoms with Crippen LogP contribution < -0.4 is 0 Å². The molecule has 0 bridgehead atoms. The van der Waals surface area contributed by atoms with Crippen LogP contribution in [-0.2, 0) is 9.47 Å². The molecule has 4 heteroatoms. The van der Waals surface area contributed by atoms with Gasteiger partial charge in [0.1, 0.15) is 0 Å². The molecule has 2 unspecified atom stereocenters. The molecule has 0 amide bonds. The summed E-state index contributed by atoms with van der Waals surface area (Å²) in [5.74, 6) is 12.9. The van der Waals surface area contributed by atoms with Crippen LogP contribution in [0.2, 0.25) is 0 Å². The average molecular weight is 429 g/mol. The van der Waals surface area contributed by atoms with Gasteiger partial charge in [0.05, 0.1) is 44.6 Å². The molecule has 0 heterocycles. The minimum absolute atomic E-state index is 0.0231. The van der Waals surface area contributed by atoms with Gasteiger partial charge < -0.3 is 19.7 Å². The molecule has 1 aliphatic carbocycles. The monoisotopic (exact) mass is 428 g/mol. The molecular formula is C28H28O4. The third-order valence-corrected chi connectivity index (χ3v) is 5.01. The Morgan fingerprint density at radius 2 is 1.50 bits per heavy atom. The standard InChI is InChI=1S/C28H28O4/c29-18-19-31-20-21-32-23-27(30)28(17-15-25-10-5-2-6-11-25)16-7-12-26(22-28)14-13-24-8-3-1-4-9-24/h1-12,16,27,29-30H,18-23H2. The zero-order valence-electron chi connectivity index (χ0n) is 18.0. The number of aliphatic hydroxyl groups is 2. The molecule has 2 aromatic carbocycles. The maximum atomic E-state index is 11.1. The van der Waals surface area contributed by atoms with Crippen LogP contribution in [-0.4, -0.2) is 49.4 Å². The molecule has 2 aromatic rings. The van der Waals surface area contributed by atoms with Gasteiger partial charge in [0.15, 0.2) is 0 Å². The van der Waals surface area contributed by atoms with E-state index in [9.17, 15) is 5.11 Å². The maximum Gasteiger partial charge on any atom is 0.0977 e. The maximum absolute atomic E-state index is 11.1. The number of benzene rings is 2. The van der Waals surface area contributed by atoms with Crippen molar-refractivity contribution < 1.29 is 19.7 Å². The Morgan fingerprint density at radius 3 is 2.19 bits per heavy atom. The molecule has 2 N–H and O–H groups in total. The number of hydrogen-bond acceptors (Lipinski definition) is 4. The highest BCUT2D eigenvalue weighted by Crippen LogP contribution is 2.35. The van der Waals surface area contributed by atoms with E-state index in [1.165, 1.54) is 0 Å². The predicted octanol–water partition coefficient (Wildman–Crippen LogP) is 3.35. The van der Waals surface area contributed by atoms with Crippen molar-refractivity contribution in [1.82, 2.24) is 0 Å². The highest BCUT2D eigenvalue weighted by Gasteiger charge is 2.36. The third kappa shape index (κ3) is 7.24. The first kappa shape index (κ1) is 23.5. The van der Waals surface area contributed by atoms with E-state index < -0.39 is 11.5 Å². The summed E-state index contributed by atoms with van der Waals surface area (Å²) in [5, 5.41) is 19.8. The van der Waals surface area contributed by atoms with E-state index >= 15 is 0 Å². The molecular weight excluding hydrogens is 400 g/mol. The lowest BCUT2D eigenvalue weighted by Gasteiger charge is -2.32. The van der Waals surface area contributed by atoms with Crippen molar-refractivity contribution in [3.63, 3.8) is 0 Å². The summed E-state index contributed by atoms with van der Waals surface area (Å²) in [6.45, 7) is 1.06. The van der Waals surface area contributed by atoms with Crippen molar-refractivity contribution in [3.8, 4) is 23.7 Å². The molecule has 1 aliphatic rings. The number of allylic oxidation sites excluding steroid dienone is 3. The Morgan fingerprint density at radius 1 is 0.844 bits per heavy atom. The zero-order chi connectivity index (χ0) is 22.5. The largest absolute Gasteiger partial charge is 0.394 e. The molecule has 164 valence electrons. The van der Waals surface area contributed by atoms with E-state index in [-0.39, 0.29) is 19.8 Å². The summed E-state index contributed by atoms with van der Waals surface area (Å²) >= 11 is 0. The molecule has 0 fully saturated rings. The van der Waals surface area contributed by atoms with Crippen LogP contribution in [0.4, 0.5) is 0 Å². The Hall–Kier alpha value is -3.12. The molecule has 0 aliphatic heterocycles. The molecule has 0 aromatic heterocycles. The van der Waals surface area contributed by atoms with Crippen LogP contribution in [0.25, 0.3) is 0 Å². The van der Waals surface area contributed by atoms with Gasteiger partial charge in [-0.1, -0.05) is 78.3 Å². The van der Waals surface area contributed by atoms with Gasteiger partial charge in [-0.2, -0.15) is 0 Å². The highest BCUT2D eigenvalue weighted by atomic mass is 16.5. The van der Waals surface area contributed by atoms with Gasteiger partial charge in [0, 0.05) is 23.1 Å². The second-order valence-electron chi connectivity index (χ2n) is 7.43. The number of aliphatic hydroxyl groups excluding tert-OH is 2. The summed E-state index contributed by atoms with van der Waals surface area (Å²) in [4.78, 5) is 0. The lowest BCUT2D eigenvalue weighted by Crippen LogP contribution is -2.37. The van der Waals surface area contributed by atoms with Crippen molar-refractivity contribution in [2.24, 2.45) is 5.41 Å². The number of ether oxygens (including phenoxy) is 2. The summed E-state index contributed by atoms with van der Waals surface area (Å²) in [6.07, 6.45) is 5.47. The lowest BCUT2D eigenvalue weighted by molar-refractivity contribution is -0.0257.